The van der Waals surface area contributed by atoms with Gasteiger partial charge in [-0.3, -0.25) is 19.2 Å². The Morgan fingerprint density at radius 3 is 1.87 bits per heavy atom. The van der Waals surface area contributed by atoms with Gasteiger partial charge >= 0.3 is 0 Å². The number of nitrogens with zero attached hydrogens (tertiary/aromatic N) is 5. The minimum atomic E-state index is -0.533. The highest BCUT2D eigenvalue weighted by molar-refractivity contribution is 6.11. The molecule has 0 unspecified atom stereocenters. The van der Waals surface area contributed by atoms with Crippen LogP contribution in [0.15, 0.2) is 79.1 Å². The molecule has 4 rings (SSSR count). The third-order valence-electron chi connectivity index (χ3n) is 6.12. The van der Waals surface area contributed by atoms with Crippen molar-refractivity contribution in [1.29, 1.82) is 0 Å². The molecule has 1 aromatic heterocycles. The maximum atomic E-state index is 13.7. The van der Waals surface area contributed by atoms with Crippen LogP contribution in [0.5, 0.6) is 0 Å². The van der Waals surface area contributed by atoms with Crippen LogP contribution in [0.25, 0.3) is 10.8 Å². The van der Waals surface area contributed by atoms with Gasteiger partial charge in [-0.15, -0.1) is 0 Å². The molecule has 0 radical (unpaired) electrons. The first kappa shape index (κ1) is 27.1. The van der Waals surface area contributed by atoms with E-state index in [0.717, 1.165) is 16.3 Å². The molecule has 1 heterocycles. The van der Waals surface area contributed by atoms with E-state index in [-0.39, 0.29) is 35.3 Å². The number of rotatable bonds is 8. The minimum absolute atomic E-state index is 0.0588. The van der Waals surface area contributed by atoms with Gasteiger partial charge in [0.2, 0.25) is 11.7 Å². The fourth-order valence-electron chi connectivity index (χ4n) is 4.13. The number of Topliss-reactive ketones (excluding diaryl/α,β-unsaturated/α-hetero) is 1. The lowest BCUT2D eigenvalue weighted by atomic mass is 10.0. The topological polar surface area (TPSA) is 104 Å². The molecule has 0 aliphatic heterocycles. The molecule has 0 atom stereocenters. The monoisotopic (exact) mass is 523 g/mol. The number of fused-ring (bicyclic) bond motifs is 1. The van der Waals surface area contributed by atoms with Crippen LogP contribution < -0.4 is 4.90 Å². The molecular formula is C30H29N5O4. The molecule has 4 aromatic rings. The summed E-state index contributed by atoms with van der Waals surface area (Å²) in [5.41, 5.74) is 1.64. The van der Waals surface area contributed by atoms with Crippen LogP contribution in [0.4, 0.5) is 5.69 Å². The van der Waals surface area contributed by atoms with Gasteiger partial charge in [-0.25, -0.2) is 9.97 Å². The van der Waals surface area contributed by atoms with E-state index in [2.05, 4.69) is 9.97 Å². The van der Waals surface area contributed by atoms with E-state index in [0.29, 0.717) is 5.69 Å². The quantitative estimate of drug-likeness (QED) is 0.257. The zero-order valence-corrected chi connectivity index (χ0v) is 22.3. The Bertz CT molecular complexity index is 1510. The molecule has 0 aliphatic carbocycles. The molecule has 9 heteroatoms. The van der Waals surface area contributed by atoms with E-state index in [1.54, 1.807) is 46.4 Å². The van der Waals surface area contributed by atoms with Crippen molar-refractivity contribution in [3.05, 3.63) is 102 Å². The van der Waals surface area contributed by atoms with Crippen molar-refractivity contribution in [2.75, 3.05) is 33.1 Å². The Labute approximate surface area is 226 Å². The Morgan fingerprint density at radius 1 is 0.692 bits per heavy atom. The highest BCUT2D eigenvalue weighted by Gasteiger charge is 2.25. The molecule has 0 saturated carbocycles. The number of carbonyl (C=O) groups excluding carboxylic acids is 4. The molecule has 0 spiro atoms. The van der Waals surface area contributed by atoms with E-state index >= 15 is 0 Å². The molecule has 3 amide bonds. The summed E-state index contributed by atoms with van der Waals surface area (Å²) in [7, 11) is 6.44. The van der Waals surface area contributed by atoms with E-state index in [9.17, 15) is 19.2 Å². The summed E-state index contributed by atoms with van der Waals surface area (Å²) in [6, 6.07) is 19.9. The van der Waals surface area contributed by atoms with Crippen molar-refractivity contribution < 1.29 is 19.2 Å². The van der Waals surface area contributed by atoms with Crippen LogP contribution in [0, 0.1) is 0 Å². The zero-order valence-electron chi connectivity index (χ0n) is 22.3. The number of anilines is 1. The van der Waals surface area contributed by atoms with E-state index in [4.69, 9.17) is 0 Å². The summed E-state index contributed by atoms with van der Waals surface area (Å²) < 4.78 is 0. The maximum absolute atomic E-state index is 13.7. The normalized spacial score (nSPS) is 10.7. The molecule has 39 heavy (non-hydrogen) atoms. The van der Waals surface area contributed by atoms with Gasteiger partial charge < -0.3 is 14.7 Å². The van der Waals surface area contributed by atoms with Crippen LogP contribution >= 0.6 is 0 Å². The standard InChI is InChI=1S/C30H29N5O4/c1-33(2)29(38)23-15-24(30(39)34(3)4)17-25(16-23)35(27(37)18-26(36)28-31-12-7-13-32-28)19-20-10-11-21-8-5-6-9-22(21)14-20/h5-17H,18-19H2,1-4H3. The van der Waals surface area contributed by atoms with Crippen molar-refractivity contribution >= 4 is 40.0 Å². The van der Waals surface area contributed by atoms with Crippen molar-refractivity contribution in [2.45, 2.75) is 13.0 Å². The van der Waals surface area contributed by atoms with Gasteiger partial charge in [0.15, 0.2) is 5.82 Å². The van der Waals surface area contributed by atoms with Crippen LogP contribution in [0.3, 0.4) is 0 Å². The van der Waals surface area contributed by atoms with E-state index in [1.165, 1.54) is 33.2 Å². The van der Waals surface area contributed by atoms with Crippen LogP contribution in [0.1, 0.15) is 43.3 Å². The number of carbonyl (C=O) groups is 4. The van der Waals surface area contributed by atoms with E-state index < -0.39 is 18.1 Å². The predicted octanol–water partition coefficient (Wildman–Crippen LogP) is 3.84. The Hall–Kier alpha value is -4.92. The molecule has 9 nitrogen and oxygen atoms in total. The first-order chi connectivity index (χ1) is 18.6. The Kier molecular flexibility index (Phi) is 8.10. The van der Waals surface area contributed by atoms with Crippen LogP contribution in [-0.2, 0) is 11.3 Å². The van der Waals surface area contributed by atoms with Gasteiger partial charge in [0.25, 0.3) is 11.8 Å². The molecule has 0 saturated heterocycles. The largest absolute Gasteiger partial charge is 0.345 e. The second-order valence-corrected chi connectivity index (χ2v) is 9.50. The molecule has 3 aromatic carbocycles. The third-order valence-corrected chi connectivity index (χ3v) is 6.12. The lowest BCUT2D eigenvalue weighted by Gasteiger charge is -2.25. The molecule has 0 fully saturated rings. The van der Waals surface area contributed by atoms with Gasteiger partial charge in [-0.1, -0.05) is 36.4 Å². The lowest BCUT2D eigenvalue weighted by molar-refractivity contribution is -0.117. The number of hydrogen-bond donors (Lipinski definition) is 0. The summed E-state index contributed by atoms with van der Waals surface area (Å²) in [6.07, 6.45) is 2.39. The van der Waals surface area contributed by atoms with Gasteiger partial charge in [-0.05, 0) is 46.7 Å². The predicted molar refractivity (Wildman–Crippen MR) is 149 cm³/mol. The van der Waals surface area contributed by atoms with Gasteiger partial charge in [0.05, 0.1) is 13.0 Å². The summed E-state index contributed by atoms with van der Waals surface area (Å²) in [5, 5.41) is 2.05. The van der Waals surface area contributed by atoms with Gasteiger partial charge in [0, 0.05) is 57.4 Å². The first-order valence-electron chi connectivity index (χ1n) is 12.3. The minimum Gasteiger partial charge on any atom is -0.345 e. The number of aromatic nitrogens is 2. The number of ketones is 1. The molecular weight excluding hydrogens is 494 g/mol. The summed E-state index contributed by atoms with van der Waals surface area (Å²) in [4.78, 5) is 64.5. The average molecular weight is 524 g/mol. The summed E-state index contributed by atoms with van der Waals surface area (Å²) in [6.45, 7) is 0.113. The number of amides is 3. The molecule has 0 N–H and O–H groups in total. The molecule has 198 valence electrons. The highest BCUT2D eigenvalue weighted by Crippen LogP contribution is 2.26. The fourth-order valence-corrected chi connectivity index (χ4v) is 4.13. The highest BCUT2D eigenvalue weighted by atomic mass is 16.2. The van der Waals surface area contributed by atoms with Gasteiger partial charge in [-0.2, -0.15) is 0 Å². The summed E-state index contributed by atoms with van der Waals surface area (Å²) in [5.74, 6) is -1.75. The van der Waals surface area contributed by atoms with E-state index in [1.807, 2.05) is 42.5 Å². The van der Waals surface area contributed by atoms with Crippen LogP contribution in [-0.4, -0.2) is 71.5 Å². The van der Waals surface area contributed by atoms with Crippen molar-refractivity contribution in [2.24, 2.45) is 0 Å². The van der Waals surface area contributed by atoms with Crippen molar-refractivity contribution in [1.82, 2.24) is 19.8 Å². The van der Waals surface area contributed by atoms with Crippen LogP contribution in [0.2, 0.25) is 0 Å². The maximum Gasteiger partial charge on any atom is 0.253 e. The first-order valence-corrected chi connectivity index (χ1v) is 12.3. The fraction of sp³-hybridized carbons (Fsp3) is 0.200. The molecule has 0 aliphatic rings. The zero-order chi connectivity index (χ0) is 28.1. The number of hydrogen-bond acceptors (Lipinski definition) is 6. The van der Waals surface area contributed by atoms with Crippen molar-refractivity contribution in [3.63, 3.8) is 0 Å². The second kappa shape index (κ2) is 11.6. The number of benzene rings is 3. The van der Waals surface area contributed by atoms with Crippen molar-refractivity contribution in [3.8, 4) is 0 Å². The summed E-state index contributed by atoms with van der Waals surface area (Å²) >= 11 is 0. The smallest absolute Gasteiger partial charge is 0.253 e. The Morgan fingerprint density at radius 2 is 1.28 bits per heavy atom. The SMILES string of the molecule is CN(C)C(=O)c1cc(C(=O)N(C)C)cc(N(Cc2ccc3ccccc3c2)C(=O)CC(=O)c2ncccn2)c1. The Balaban J connectivity index is 1.80. The third kappa shape index (κ3) is 6.32. The van der Waals surface area contributed by atoms with Gasteiger partial charge in [0.1, 0.15) is 0 Å². The molecule has 0 bridgehead atoms. The lowest BCUT2D eigenvalue weighted by Crippen LogP contribution is -2.33. The average Bonchev–Trinajstić information content (AvgIpc) is 2.94. The second-order valence-electron chi connectivity index (χ2n) is 9.50.